The molecule has 3 heterocycles. The van der Waals surface area contributed by atoms with Crippen LogP contribution in [-0.2, 0) is 0 Å². The van der Waals surface area contributed by atoms with Gasteiger partial charge in [0.05, 0.1) is 33.3 Å². The molecule has 0 N–H and O–H groups in total. The minimum atomic E-state index is 1.00. The summed E-state index contributed by atoms with van der Waals surface area (Å²) in [4.78, 5) is 5.19. The van der Waals surface area contributed by atoms with Gasteiger partial charge in [-0.25, -0.2) is 4.98 Å². The van der Waals surface area contributed by atoms with E-state index in [2.05, 4.69) is 209 Å². The van der Waals surface area contributed by atoms with Gasteiger partial charge in [0.1, 0.15) is 0 Å². The van der Waals surface area contributed by atoms with Crippen LogP contribution in [0, 0.1) is 0 Å². The van der Waals surface area contributed by atoms with Gasteiger partial charge >= 0.3 is 0 Å². The summed E-state index contributed by atoms with van der Waals surface area (Å²) in [7, 11) is 0. The van der Waals surface area contributed by atoms with Crippen molar-refractivity contribution in [1.82, 2.24) is 14.1 Å². The highest BCUT2D eigenvalue weighted by Gasteiger charge is 2.23. The highest BCUT2D eigenvalue weighted by Crippen LogP contribution is 2.48. The standard InChI is InChI=1S/C55H33N3/c1-2-11-39(12-3-1)57-51-19-8-6-15-43(51)46-31-36(24-27-53(46)57)37-25-28-54-47(32-37)44-16-7-9-20-52(44)58(54)40-26-23-34-29-38(22-21-35(34)30-40)50-33-48-42-14-5-4-13-41(42)45-17-10-18-49(56-50)55(45)48/h1-33H. The summed E-state index contributed by atoms with van der Waals surface area (Å²) < 4.78 is 4.79. The molecule has 0 radical (unpaired) electrons. The molecule has 3 heteroatoms. The minimum absolute atomic E-state index is 1.00. The van der Waals surface area contributed by atoms with E-state index in [-0.39, 0.29) is 0 Å². The second-order valence-corrected chi connectivity index (χ2v) is 15.6. The average Bonchev–Trinajstić information content (AvgIpc) is 3.92. The fraction of sp³-hybridized carbons (Fsp3) is 0. The molecule has 0 fully saturated rings. The van der Waals surface area contributed by atoms with E-state index < -0.39 is 0 Å². The van der Waals surface area contributed by atoms with Crippen LogP contribution in [0.3, 0.4) is 0 Å². The molecule has 0 aliphatic heterocycles. The van der Waals surface area contributed by atoms with Crippen LogP contribution in [0.15, 0.2) is 200 Å². The number of hydrogen-bond acceptors (Lipinski definition) is 1. The number of nitrogens with zero attached hydrogens (tertiary/aromatic N) is 3. The van der Waals surface area contributed by atoms with E-state index in [1.165, 1.54) is 98.8 Å². The molecule has 0 saturated carbocycles. The van der Waals surface area contributed by atoms with Crippen molar-refractivity contribution in [2.24, 2.45) is 0 Å². The van der Waals surface area contributed by atoms with E-state index >= 15 is 0 Å². The zero-order valence-corrected chi connectivity index (χ0v) is 31.4. The molecule has 3 nitrogen and oxygen atoms in total. The van der Waals surface area contributed by atoms with Gasteiger partial charge in [0.25, 0.3) is 0 Å². The first-order valence-electron chi connectivity index (χ1n) is 20.0. The molecule has 0 spiro atoms. The molecule has 9 aromatic carbocycles. The predicted octanol–water partition coefficient (Wildman–Crippen LogP) is 14.6. The lowest BCUT2D eigenvalue weighted by Gasteiger charge is -2.11. The molecule has 58 heavy (non-hydrogen) atoms. The van der Waals surface area contributed by atoms with Gasteiger partial charge in [-0.15, -0.1) is 0 Å². The van der Waals surface area contributed by atoms with Crippen molar-refractivity contribution in [3.8, 4) is 56.0 Å². The third kappa shape index (κ3) is 4.47. The SMILES string of the molecule is c1ccc(-n2c3ccccc3c3cc(-c4ccc5c(c4)c4ccccc4n5-c4ccc5cc(-c6cc7c8c(cccc8n6)-c6ccccc6-7)ccc5c4)ccc32)cc1. The van der Waals surface area contributed by atoms with Gasteiger partial charge in [-0.05, 0) is 123 Å². The first-order valence-corrected chi connectivity index (χ1v) is 20.0. The monoisotopic (exact) mass is 735 g/mol. The summed E-state index contributed by atoms with van der Waals surface area (Å²) in [5, 5.41) is 8.66. The number of hydrogen-bond donors (Lipinski definition) is 0. The van der Waals surface area contributed by atoms with Crippen LogP contribution in [0.1, 0.15) is 0 Å². The predicted molar refractivity (Wildman–Crippen MR) is 243 cm³/mol. The van der Waals surface area contributed by atoms with Gasteiger partial charge in [0.15, 0.2) is 0 Å². The Morgan fingerprint density at radius 2 is 0.862 bits per heavy atom. The van der Waals surface area contributed by atoms with Crippen LogP contribution in [0.4, 0.5) is 0 Å². The summed E-state index contributed by atoms with van der Waals surface area (Å²) in [6, 6.07) is 73.2. The van der Waals surface area contributed by atoms with Gasteiger partial charge in [-0.2, -0.15) is 0 Å². The molecule has 0 atom stereocenters. The summed E-state index contributed by atoms with van der Waals surface area (Å²) in [5.74, 6) is 0. The van der Waals surface area contributed by atoms with Gasteiger partial charge in [0.2, 0.25) is 0 Å². The number of fused-ring (bicyclic) bond motifs is 10. The van der Waals surface area contributed by atoms with E-state index in [1.807, 2.05) is 0 Å². The zero-order valence-electron chi connectivity index (χ0n) is 31.4. The second kappa shape index (κ2) is 11.9. The minimum Gasteiger partial charge on any atom is -0.309 e. The molecule has 0 amide bonds. The highest BCUT2D eigenvalue weighted by molar-refractivity contribution is 6.16. The third-order valence-electron chi connectivity index (χ3n) is 12.4. The van der Waals surface area contributed by atoms with E-state index in [0.717, 1.165) is 22.5 Å². The van der Waals surface area contributed by atoms with E-state index in [9.17, 15) is 0 Å². The lowest BCUT2D eigenvalue weighted by atomic mass is 10.00. The second-order valence-electron chi connectivity index (χ2n) is 15.6. The van der Waals surface area contributed by atoms with Crippen LogP contribution < -0.4 is 0 Å². The molecular formula is C55H33N3. The molecule has 3 aromatic heterocycles. The van der Waals surface area contributed by atoms with E-state index in [1.54, 1.807) is 0 Å². The maximum Gasteiger partial charge on any atom is 0.0722 e. The molecule has 1 aliphatic carbocycles. The van der Waals surface area contributed by atoms with Crippen molar-refractivity contribution in [2.75, 3.05) is 0 Å². The number of aromatic nitrogens is 3. The Hall–Kier alpha value is -7.75. The largest absolute Gasteiger partial charge is 0.309 e. The molecule has 0 unspecified atom stereocenters. The van der Waals surface area contributed by atoms with Gasteiger partial charge in [-0.3, -0.25) is 0 Å². The van der Waals surface area contributed by atoms with Crippen molar-refractivity contribution in [2.45, 2.75) is 0 Å². The summed E-state index contributed by atoms with van der Waals surface area (Å²) in [5.41, 5.74) is 17.9. The number of para-hydroxylation sites is 3. The summed E-state index contributed by atoms with van der Waals surface area (Å²) >= 11 is 0. The summed E-state index contributed by atoms with van der Waals surface area (Å²) in [6.07, 6.45) is 0. The first-order chi connectivity index (χ1) is 28.7. The van der Waals surface area contributed by atoms with Crippen molar-refractivity contribution in [3.05, 3.63) is 200 Å². The highest BCUT2D eigenvalue weighted by atomic mass is 15.0. The fourth-order valence-electron chi connectivity index (χ4n) is 9.79. The van der Waals surface area contributed by atoms with Crippen LogP contribution in [0.5, 0.6) is 0 Å². The number of rotatable bonds is 4. The number of benzene rings is 9. The summed E-state index contributed by atoms with van der Waals surface area (Å²) in [6.45, 7) is 0. The number of pyridine rings is 1. The van der Waals surface area contributed by atoms with Gasteiger partial charge < -0.3 is 9.13 Å². The molecule has 0 saturated heterocycles. The maximum atomic E-state index is 5.19. The van der Waals surface area contributed by atoms with Crippen molar-refractivity contribution >= 4 is 65.3 Å². The average molecular weight is 736 g/mol. The Balaban J connectivity index is 0.912. The maximum absolute atomic E-state index is 5.19. The Morgan fingerprint density at radius 3 is 1.59 bits per heavy atom. The molecule has 12 aromatic rings. The Bertz CT molecular complexity index is 3680. The smallest absolute Gasteiger partial charge is 0.0722 e. The molecule has 0 bridgehead atoms. The lowest BCUT2D eigenvalue weighted by molar-refractivity contribution is 1.18. The van der Waals surface area contributed by atoms with Crippen LogP contribution in [0.25, 0.3) is 121 Å². The van der Waals surface area contributed by atoms with E-state index in [4.69, 9.17) is 4.98 Å². The van der Waals surface area contributed by atoms with Crippen LogP contribution in [-0.4, -0.2) is 14.1 Å². The Morgan fingerprint density at radius 1 is 0.310 bits per heavy atom. The zero-order chi connectivity index (χ0) is 37.9. The molecule has 268 valence electrons. The Kier molecular flexibility index (Phi) is 6.44. The molecule has 1 aliphatic rings. The normalized spacial score (nSPS) is 12.1. The van der Waals surface area contributed by atoms with E-state index in [0.29, 0.717) is 0 Å². The molecule has 13 rings (SSSR count). The lowest BCUT2D eigenvalue weighted by Crippen LogP contribution is -1.94. The van der Waals surface area contributed by atoms with Crippen molar-refractivity contribution < 1.29 is 0 Å². The van der Waals surface area contributed by atoms with Crippen LogP contribution in [0.2, 0.25) is 0 Å². The first kappa shape index (κ1) is 31.5. The van der Waals surface area contributed by atoms with Crippen molar-refractivity contribution in [1.29, 1.82) is 0 Å². The third-order valence-corrected chi connectivity index (χ3v) is 12.4. The quantitative estimate of drug-likeness (QED) is 0.176. The van der Waals surface area contributed by atoms with Gasteiger partial charge in [-0.1, -0.05) is 121 Å². The topological polar surface area (TPSA) is 22.8 Å². The molecular weight excluding hydrogens is 703 g/mol. The fourth-order valence-corrected chi connectivity index (χ4v) is 9.79. The Labute approximate surface area is 334 Å². The van der Waals surface area contributed by atoms with Gasteiger partial charge in [0, 0.05) is 43.9 Å². The van der Waals surface area contributed by atoms with Crippen molar-refractivity contribution in [3.63, 3.8) is 0 Å². The van der Waals surface area contributed by atoms with Crippen LogP contribution >= 0.6 is 0 Å².